The lowest BCUT2D eigenvalue weighted by atomic mass is 10.2. The van der Waals surface area contributed by atoms with E-state index in [-0.39, 0.29) is 6.42 Å². The van der Waals surface area contributed by atoms with E-state index in [1.807, 2.05) is 6.92 Å². The smallest absolute Gasteiger partial charge is 0.305 e. The summed E-state index contributed by atoms with van der Waals surface area (Å²) in [6.45, 7) is 9.36. The van der Waals surface area contributed by atoms with Gasteiger partial charge in [-0.1, -0.05) is 12.2 Å². The molecule has 1 aromatic rings. The van der Waals surface area contributed by atoms with E-state index < -0.39 is 5.97 Å². The summed E-state index contributed by atoms with van der Waals surface area (Å²) in [5.74, 6) is -0.768. The third kappa shape index (κ3) is 4.52. The summed E-state index contributed by atoms with van der Waals surface area (Å²) >= 11 is 0. The van der Waals surface area contributed by atoms with E-state index in [9.17, 15) is 4.79 Å². The fourth-order valence-corrected chi connectivity index (χ4v) is 2.71. The maximum absolute atomic E-state index is 10.8. The minimum atomic E-state index is -0.768. The molecule has 0 radical (unpaired) electrons. The average Bonchev–Trinajstić information content (AvgIpc) is 2.97. The highest BCUT2D eigenvalue weighted by Crippen LogP contribution is 2.24. The van der Waals surface area contributed by atoms with E-state index in [2.05, 4.69) is 40.6 Å². The molecule has 1 aliphatic rings. The van der Waals surface area contributed by atoms with Crippen LogP contribution in [-0.2, 0) is 4.79 Å². The number of carbonyl (C=O) groups is 1. The van der Waals surface area contributed by atoms with Crippen LogP contribution in [0.5, 0.6) is 0 Å². The van der Waals surface area contributed by atoms with Gasteiger partial charge in [-0.05, 0) is 44.0 Å². The standard InChI is InChI=1S/C17H24N2O2/c1-14(2)13-19(12-9-17(20)21)16-7-5-15(6-8-16)18-10-3-4-11-18/h5-8H,1,3-4,9-13H2,2H3,(H,20,21). The van der Waals surface area contributed by atoms with Crippen LogP contribution in [0.25, 0.3) is 0 Å². The maximum atomic E-state index is 10.8. The van der Waals surface area contributed by atoms with Gasteiger partial charge in [-0.3, -0.25) is 4.79 Å². The fraction of sp³-hybridized carbons (Fsp3) is 0.471. The van der Waals surface area contributed by atoms with Crippen molar-refractivity contribution in [2.75, 3.05) is 36.0 Å². The van der Waals surface area contributed by atoms with Gasteiger partial charge in [-0.25, -0.2) is 0 Å². The second kappa shape index (κ2) is 7.16. The topological polar surface area (TPSA) is 43.8 Å². The first-order valence-electron chi connectivity index (χ1n) is 7.52. The molecule has 0 bridgehead atoms. The number of hydrogen-bond donors (Lipinski definition) is 1. The summed E-state index contributed by atoms with van der Waals surface area (Å²) in [5.41, 5.74) is 3.34. The van der Waals surface area contributed by atoms with Crippen molar-refractivity contribution in [1.82, 2.24) is 0 Å². The summed E-state index contributed by atoms with van der Waals surface area (Å²) in [6.07, 6.45) is 2.67. The van der Waals surface area contributed by atoms with Gasteiger partial charge in [0.2, 0.25) is 0 Å². The minimum absolute atomic E-state index is 0.140. The first-order valence-corrected chi connectivity index (χ1v) is 7.52. The Morgan fingerprint density at radius 1 is 1.29 bits per heavy atom. The minimum Gasteiger partial charge on any atom is -0.481 e. The van der Waals surface area contributed by atoms with Gasteiger partial charge in [0.25, 0.3) is 0 Å². The zero-order valence-corrected chi connectivity index (χ0v) is 12.7. The normalized spacial score (nSPS) is 14.2. The van der Waals surface area contributed by atoms with Crippen LogP contribution in [0.3, 0.4) is 0 Å². The molecule has 1 saturated heterocycles. The number of carboxylic acids is 1. The largest absolute Gasteiger partial charge is 0.481 e. The van der Waals surface area contributed by atoms with Crippen LogP contribution in [0, 0.1) is 0 Å². The number of benzene rings is 1. The Kier molecular flexibility index (Phi) is 5.26. The van der Waals surface area contributed by atoms with Gasteiger partial charge in [-0.15, -0.1) is 0 Å². The third-order valence-electron chi connectivity index (χ3n) is 3.74. The SMILES string of the molecule is C=C(C)CN(CCC(=O)O)c1ccc(N2CCCC2)cc1. The predicted molar refractivity (Wildman–Crippen MR) is 87.2 cm³/mol. The van der Waals surface area contributed by atoms with Crippen molar-refractivity contribution >= 4 is 17.3 Å². The van der Waals surface area contributed by atoms with Crippen LogP contribution in [0.15, 0.2) is 36.4 Å². The van der Waals surface area contributed by atoms with Gasteiger partial charge in [0, 0.05) is 37.6 Å². The number of rotatable bonds is 7. The number of hydrogen-bond acceptors (Lipinski definition) is 3. The molecular formula is C17H24N2O2. The predicted octanol–water partition coefficient (Wildman–Crippen LogP) is 3.14. The Balaban J connectivity index is 2.07. The number of carboxylic acid groups (broad SMARTS) is 1. The van der Waals surface area contributed by atoms with Crippen molar-refractivity contribution in [2.45, 2.75) is 26.2 Å². The molecule has 0 saturated carbocycles. The van der Waals surface area contributed by atoms with Crippen molar-refractivity contribution in [1.29, 1.82) is 0 Å². The molecular weight excluding hydrogens is 264 g/mol. The molecule has 4 nitrogen and oxygen atoms in total. The van der Waals surface area contributed by atoms with Crippen molar-refractivity contribution in [3.05, 3.63) is 36.4 Å². The van der Waals surface area contributed by atoms with Crippen LogP contribution in [0.1, 0.15) is 26.2 Å². The Bertz CT molecular complexity index is 490. The molecule has 0 atom stereocenters. The molecule has 0 unspecified atom stereocenters. The highest BCUT2D eigenvalue weighted by Gasteiger charge is 2.13. The fourth-order valence-electron chi connectivity index (χ4n) is 2.71. The van der Waals surface area contributed by atoms with E-state index in [4.69, 9.17) is 5.11 Å². The van der Waals surface area contributed by atoms with Crippen LogP contribution in [-0.4, -0.2) is 37.3 Å². The zero-order chi connectivity index (χ0) is 15.2. The van der Waals surface area contributed by atoms with Crippen molar-refractivity contribution in [3.63, 3.8) is 0 Å². The molecule has 0 aliphatic carbocycles. The highest BCUT2D eigenvalue weighted by atomic mass is 16.4. The maximum Gasteiger partial charge on any atom is 0.305 e. The van der Waals surface area contributed by atoms with Crippen molar-refractivity contribution in [2.24, 2.45) is 0 Å². The van der Waals surface area contributed by atoms with Gasteiger partial charge in [0.1, 0.15) is 0 Å². The first kappa shape index (κ1) is 15.4. The quantitative estimate of drug-likeness (QED) is 0.783. The number of aliphatic carboxylic acids is 1. The molecule has 21 heavy (non-hydrogen) atoms. The van der Waals surface area contributed by atoms with Crippen LogP contribution in [0.4, 0.5) is 11.4 Å². The summed E-state index contributed by atoms with van der Waals surface area (Å²) < 4.78 is 0. The van der Waals surface area contributed by atoms with Gasteiger partial charge in [0.15, 0.2) is 0 Å². The Labute approximate surface area is 126 Å². The number of nitrogens with zero attached hydrogens (tertiary/aromatic N) is 2. The van der Waals surface area contributed by atoms with Crippen LogP contribution in [0.2, 0.25) is 0 Å². The van der Waals surface area contributed by atoms with E-state index >= 15 is 0 Å². The molecule has 0 spiro atoms. The van der Waals surface area contributed by atoms with Crippen LogP contribution < -0.4 is 9.80 Å². The molecule has 114 valence electrons. The van der Waals surface area contributed by atoms with Crippen LogP contribution >= 0.6 is 0 Å². The molecule has 1 fully saturated rings. The molecule has 1 aromatic carbocycles. The Morgan fingerprint density at radius 3 is 2.43 bits per heavy atom. The Hall–Kier alpha value is -1.97. The molecule has 1 aliphatic heterocycles. The lowest BCUT2D eigenvalue weighted by Crippen LogP contribution is -2.27. The first-order chi connectivity index (χ1) is 10.1. The zero-order valence-electron chi connectivity index (χ0n) is 12.7. The average molecular weight is 288 g/mol. The number of anilines is 2. The van der Waals surface area contributed by atoms with E-state index in [0.29, 0.717) is 13.1 Å². The second-order valence-electron chi connectivity index (χ2n) is 5.73. The molecule has 1 N–H and O–H groups in total. The third-order valence-corrected chi connectivity index (χ3v) is 3.74. The summed E-state index contributed by atoms with van der Waals surface area (Å²) in [6, 6.07) is 8.43. The van der Waals surface area contributed by atoms with E-state index in [1.54, 1.807) is 0 Å². The lowest BCUT2D eigenvalue weighted by molar-refractivity contribution is -0.136. The summed E-state index contributed by atoms with van der Waals surface area (Å²) in [5, 5.41) is 8.88. The summed E-state index contributed by atoms with van der Waals surface area (Å²) in [7, 11) is 0. The Morgan fingerprint density at radius 2 is 1.90 bits per heavy atom. The van der Waals surface area contributed by atoms with Gasteiger partial charge in [0.05, 0.1) is 6.42 Å². The van der Waals surface area contributed by atoms with Crippen molar-refractivity contribution < 1.29 is 9.90 Å². The van der Waals surface area contributed by atoms with Gasteiger partial charge >= 0.3 is 5.97 Å². The van der Waals surface area contributed by atoms with Gasteiger partial charge in [-0.2, -0.15) is 0 Å². The molecule has 0 amide bonds. The molecule has 2 rings (SSSR count). The van der Waals surface area contributed by atoms with E-state index in [0.717, 1.165) is 24.4 Å². The molecule has 1 heterocycles. The lowest BCUT2D eigenvalue weighted by Gasteiger charge is -2.25. The second-order valence-corrected chi connectivity index (χ2v) is 5.73. The molecule has 0 aromatic heterocycles. The monoisotopic (exact) mass is 288 g/mol. The van der Waals surface area contributed by atoms with Gasteiger partial charge < -0.3 is 14.9 Å². The summed E-state index contributed by atoms with van der Waals surface area (Å²) in [4.78, 5) is 15.3. The van der Waals surface area contributed by atoms with E-state index in [1.165, 1.54) is 18.5 Å². The van der Waals surface area contributed by atoms with Crippen molar-refractivity contribution in [3.8, 4) is 0 Å². The molecule has 4 heteroatoms. The highest BCUT2D eigenvalue weighted by molar-refractivity contribution is 5.68.